The van der Waals surface area contributed by atoms with E-state index in [4.69, 9.17) is 14.5 Å². The normalized spacial score (nSPS) is 11.6. The number of aromatic nitrogens is 2. The second-order valence-corrected chi connectivity index (χ2v) is 6.62. The minimum Gasteiger partial charge on any atom is -0.354 e. The summed E-state index contributed by atoms with van der Waals surface area (Å²) in [5, 5.41) is 2.77. The second kappa shape index (κ2) is 8.82. The number of nitrogens with zero attached hydrogens (tertiary/aromatic N) is 2. The van der Waals surface area contributed by atoms with E-state index in [0.717, 1.165) is 28.2 Å². The molecule has 0 aliphatic heterocycles. The fourth-order valence-corrected chi connectivity index (χ4v) is 2.91. The molecule has 0 aliphatic carbocycles. The lowest BCUT2D eigenvalue weighted by Crippen LogP contribution is -2.33. The monoisotopic (exact) mass is 379 g/mol. The van der Waals surface area contributed by atoms with E-state index in [-0.39, 0.29) is 12.5 Å². The van der Waals surface area contributed by atoms with Gasteiger partial charge in [-0.05, 0) is 37.6 Å². The highest BCUT2D eigenvalue weighted by atomic mass is 16.7. The highest BCUT2D eigenvalue weighted by molar-refractivity contribution is 5.92. The number of imidazole rings is 1. The first-order valence-corrected chi connectivity index (χ1v) is 9.09. The number of rotatable bonds is 7. The van der Waals surface area contributed by atoms with Crippen LogP contribution in [0, 0.1) is 13.8 Å². The van der Waals surface area contributed by atoms with E-state index in [2.05, 4.69) is 24.4 Å². The molecule has 0 saturated heterocycles. The summed E-state index contributed by atoms with van der Waals surface area (Å²) in [5.41, 5.74) is 5.85. The molecule has 6 nitrogen and oxygen atoms in total. The summed E-state index contributed by atoms with van der Waals surface area (Å²) in [4.78, 5) is 17.0. The zero-order chi connectivity index (χ0) is 20.1. The third kappa shape index (κ3) is 4.47. The number of carbonyl (C=O) groups excluding carboxylic acids is 1. The second-order valence-electron chi connectivity index (χ2n) is 6.62. The van der Waals surface area contributed by atoms with Gasteiger partial charge < -0.3 is 14.8 Å². The Balaban J connectivity index is 1.93. The predicted octanol–water partition coefficient (Wildman–Crippen LogP) is 3.37. The molecule has 0 atom stereocenters. The molecule has 0 bridgehead atoms. The average Bonchev–Trinajstić information content (AvgIpc) is 3.05. The topological polar surface area (TPSA) is 64.9 Å². The van der Waals surface area contributed by atoms with Crippen LogP contribution >= 0.6 is 0 Å². The van der Waals surface area contributed by atoms with Crippen LogP contribution < -0.4 is 5.32 Å². The smallest absolute Gasteiger partial charge is 0.244 e. The third-order valence-corrected chi connectivity index (χ3v) is 4.50. The van der Waals surface area contributed by atoms with Gasteiger partial charge in [-0.3, -0.25) is 9.20 Å². The number of hydrogen-bond donors (Lipinski definition) is 1. The van der Waals surface area contributed by atoms with Gasteiger partial charge in [-0.2, -0.15) is 0 Å². The summed E-state index contributed by atoms with van der Waals surface area (Å²) in [6.07, 6.45) is 4.79. The van der Waals surface area contributed by atoms with Crippen molar-refractivity contribution >= 4 is 17.6 Å². The predicted molar refractivity (Wildman–Crippen MR) is 110 cm³/mol. The minimum atomic E-state index is -0.473. The molecule has 3 aromatic rings. The largest absolute Gasteiger partial charge is 0.354 e. The van der Waals surface area contributed by atoms with E-state index in [1.807, 2.05) is 41.8 Å². The van der Waals surface area contributed by atoms with Crippen LogP contribution in [0.2, 0.25) is 0 Å². The lowest BCUT2D eigenvalue weighted by Gasteiger charge is -2.12. The van der Waals surface area contributed by atoms with Crippen molar-refractivity contribution in [1.82, 2.24) is 14.7 Å². The van der Waals surface area contributed by atoms with E-state index in [1.54, 1.807) is 6.08 Å². The SMILES string of the molecule is COC(CNC(=O)/C=C/c1c(-c2ccc(C)cc2)nc2cc(C)ccn12)OC. The Morgan fingerprint density at radius 1 is 1.14 bits per heavy atom. The van der Waals surface area contributed by atoms with Gasteiger partial charge in [0, 0.05) is 32.1 Å². The summed E-state index contributed by atoms with van der Waals surface area (Å²) in [5.74, 6) is -0.226. The molecule has 0 fully saturated rings. The quantitative estimate of drug-likeness (QED) is 0.505. The van der Waals surface area contributed by atoms with Gasteiger partial charge in [-0.25, -0.2) is 4.98 Å². The van der Waals surface area contributed by atoms with Gasteiger partial charge in [0.05, 0.1) is 17.9 Å². The van der Waals surface area contributed by atoms with Gasteiger partial charge in [0.2, 0.25) is 5.91 Å². The molecule has 0 unspecified atom stereocenters. The van der Waals surface area contributed by atoms with Crippen molar-refractivity contribution in [2.24, 2.45) is 0 Å². The highest BCUT2D eigenvalue weighted by Gasteiger charge is 2.13. The van der Waals surface area contributed by atoms with Crippen molar-refractivity contribution in [3.8, 4) is 11.3 Å². The average molecular weight is 379 g/mol. The number of fused-ring (bicyclic) bond motifs is 1. The van der Waals surface area contributed by atoms with Crippen molar-refractivity contribution < 1.29 is 14.3 Å². The maximum absolute atomic E-state index is 12.2. The number of methoxy groups -OCH3 is 2. The molecule has 0 aliphatic rings. The molecule has 6 heteroatoms. The zero-order valence-corrected chi connectivity index (χ0v) is 16.6. The van der Waals surface area contributed by atoms with Crippen molar-refractivity contribution in [2.45, 2.75) is 20.1 Å². The lowest BCUT2D eigenvalue weighted by atomic mass is 10.1. The summed E-state index contributed by atoms with van der Waals surface area (Å²) in [6.45, 7) is 4.35. The summed E-state index contributed by atoms with van der Waals surface area (Å²) in [7, 11) is 3.06. The fraction of sp³-hybridized carbons (Fsp3) is 0.273. The van der Waals surface area contributed by atoms with E-state index >= 15 is 0 Å². The molecule has 0 saturated carbocycles. The molecule has 0 radical (unpaired) electrons. The maximum Gasteiger partial charge on any atom is 0.244 e. The zero-order valence-electron chi connectivity index (χ0n) is 16.6. The number of ether oxygens (including phenoxy) is 2. The molecule has 146 valence electrons. The highest BCUT2D eigenvalue weighted by Crippen LogP contribution is 2.26. The molecule has 1 aromatic carbocycles. The van der Waals surface area contributed by atoms with Crippen molar-refractivity contribution in [2.75, 3.05) is 20.8 Å². The Hall–Kier alpha value is -2.96. The number of hydrogen-bond acceptors (Lipinski definition) is 4. The van der Waals surface area contributed by atoms with E-state index in [9.17, 15) is 4.79 Å². The Labute approximate surface area is 164 Å². The Morgan fingerprint density at radius 3 is 2.54 bits per heavy atom. The first kappa shape index (κ1) is 19.8. The first-order chi connectivity index (χ1) is 13.5. The molecule has 28 heavy (non-hydrogen) atoms. The van der Waals surface area contributed by atoms with Crippen molar-refractivity contribution in [3.63, 3.8) is 0 Å². The number of carbonyl (C=O) groups is 1. The lowest BCUT2D eigenvalue weighted by molar-refractivity contribution is -0.123. The number of benzene rings is 1. The number of pyridine rings is 1. The van der Waals surface area contributed by atoms with Gasteiger partial charge in [0.1, 0.15) is 5.65 Å². The molecule has 0 spiro atoms. The van der Waals surface area contributed by atoms with Gasteiger partial charge in [0.15, 0.2) is 6.29 Å². The molecule has 1 amide bonds. The van der Waals surface area contributed by atoms with Gasteiger partial charge in [0.25, 0.3) is 0 Å². The van der Waals surface area contributed by atoms with E-state index < -0.39 is 6.29 Å². The van der Waals surface area contributed by atoms with Crippen LogP contribution in [0.5, 0.6) is 0 Å². The van der Waals surface area contributed by atoms with Crippen LogP contribution in [-0.2, 0) is 14.3 Å². The fourth-order valence-electron chi connectivity index (χ4n) is 2.91. The summed E-state index contributed by atoms with van der Waals surface area (Å²) in [6, 6.07) is 12.2. The van der Waals surface area contributed by atoms with Crippen LogP contribution in [0.4, 0.5) is 0 Å². The van der Waals surface area contributed by atoms with Crippen LogP contribution in [0.15, 0.2) is 48.7 Å². The molecule has 2 heterocycles. The molecule has 1 N–H and O–H groups in total. The van der Waals surface area contributed by atoms with Crippen LogP contribution in [0.3, 0.4) is 0 Å². The van der Waals surface area contributed by atoms with E-state index in [1.165, 1.54) is 25.9 Å². The maximum atomic E-state index is 12.2. The Kier molecular flexibility index (Phi) is 6.23. The van der Waals surface area contributed by atoms with Crippen LogP contribution in [0.25, 0.3) is 23.0 Å². The summed E-state index contributed by atoms with van der Waals surface area (Å²) < 4.78 is 12.1. The van der Waals surface area contributed by atoms with Gasteiger partial charge in [-0.1, -0.05) is 29.8 Å². The standard InChI is InChI=1S/C22H25N3O3/c1-15-5-7-17(8-6-15)22-18(25-12-11-16(2)13-19(25)24-22)9-10-20(26)23-14-21(27-3)28-4/h5-13,21H,14H2,1-4H3,(H,23,26)/b10-9+. The number of nitrogens with one attached hydrogen (secondary N) is 1. The van der Waals surface area contributed by atoms with Crippen molar-refractivity contribution in [1.29, 1.82) is 0 Å². The van der Waals surface area contributed by atoms with Gasteiger partial charge >= 0.3 is 0 Å². The minimum absolute atomic E-state index is 0.226. The van der Waals surface area contributed by atoms with Gasteiger partial charge in [-0.15, -0.1) is 0 Å². The van der Waals surface area contributed by atoms with Crippen LogP contribution in [-0.4, -0.2) is 42.3 Å². The number of aryl methyl sites for hydroxylation is 2. The molecule has 3 rings (SSSR count). The molecular formula is C22H25N3O3. The molecule has 2 aromatic heterocycles. The summed E-state index contributed by atoms with van der Waals surface area (Å²) >= 11 is 0. The van der Waals surface area contributed by atoms with Crippen molar-refractivity contribution in [3.05, 3.63) is 65.5 Å². The Morgan fingerprint density at radius 2 is 1.86 bits per heavy atom. The van der Waals surface area contributed by atoms with Crippen LogP contribution in [0.1, 0.15) is 16.8 Å². The van der Waals surface area contributed by atoms with E-state index in [0.29, 0.717) is 0 Å². The first-order valence-electron chi connectivity index (χ1n) is 9.09. The Bertz CT molecular complexity index is 986. The third-order valence-electron chi connectivity index (χ3n) is 4.50. The number of amides is 1. The molecular weight excluding hydrogens is 354 g/mol.